The maximum atomic E-state index is 6.54. The van der Waals surface area contributed by atoms with Crippen molar-refractivity contribution in [2.45, 2.75) is 32.6 Å². The lowest BCUT2D eigenvalue weighted by molar-refractivity contribution is 0.486. The largest absolute Gasteiger partial charge is 0.456 e. The molecule has 5 rings (SSSR count). The van der Waals surface area contributed by atoms with Gasteiger partial charge in [0.15, 0.2) is 0 Å². The number of fused-ring (bicyclic) bond motifs is 2. The van der Waals surface area contributed by atoms with E-state index in [0.29, 0.717) is 0 Å². The van der Waals surface area contributed by atoms with Crippen LogP contribution in [0.5, 0.6) is 23.0 Å². The first-order valence-corrected chi connectivity index (χ1v) is 11.8. The fourth-order valence-corrected chi connectivity index (χ4v) is 4.31. The summed E-state index contributed by atoms with van der Waals surface area (Å²) < 4.78 is 13.0. The van der Waals surface area contributed by atoms with Gasteiger partial charge in [0.2, 0.25) is 0 Å². The Hall–Kier alpha value is -3.78. The summed E-state index contributed by atoms with van der Waals surface area (Å²) in [6.45, 7) is 2.24. The van der Waals surface area contributed by atoms with Gasteiger partial charge in [-0.15, -0.1) is 0 Å². The summed E-state index contributed by atoms with van der Waals surface area (Å²) >= 11 is 0. The second kappa shape index (κ2) is 9.79. The highest BCUT2D eigenvalue weighted by molar-refractivity contribution is 6.11. The smallest absolute Gasteiger partial charge is 0.143 e. The quantitative estimate of drug-likeness (QED) is 0.180. The van der Waals surface area contributed by atoms with E-state index in [-0.39, 0.29) is 0 Å². The molecule has 0 unspecified atom stereocenters. The van der Waals surface area contributed by atoms with Gasteiger partial charge in [0.05, 0.1) is 0 Å². The Labute approximate surface area is 195 Å². The summed E-state index contributed by atoms with van der Waals surface area (Å²) in [6.07, 6.45) is 4.72. The van der Waals surface area contributed by atoms with Gasteiger partial charge in [-0.25, -0.2) is 0 Å². The zero-order chi connectivity index (χ0) is 22.5. The highest BCUT2D eigenvalue weighted by Crippen LogP contribution is 2.46. The summed E-state index contributed by atoms with van der Waals surface area (Å²) in [5.41, 5.74) is 1.33. The zero-order valence-electron chi connectivity index (χ0n) is 19.0. The molecule has 0 aliphatic carbocycles. The molecule has 0 saturated heterocycles. The average molecular weight is 433 g/mol. The first-order valence-electron chi connectivity index (χ1n) is 11.8. The number of unbranched alkanes of at least 4 members (excludes halogenated alkanes) is 2. The molecule has 0 aliphatic rings. The third-order valence-electron chi connectivity index (χ3n) is 5.98. The van der Waals surface area contributed by atoms with Gasteiger partial charge in [-0.2, -0.15) is 0 Å². The minimum Gasteiger partial charge on any atom is -0.456 e. The molecule has 164 valence electrons. The van der Waals surface area contributed by atoms with E-state index in [9.17, 15) is 0 Å². The third kappa shape index (κ3) is 4.56. The lowest BCUT2D eigenvalue weighted by Crippen LogP contribution is -1.94. The maximum absolute atomic E-state index is 6.54. The molecular formula is C31H28O2. The Bertz CT molecular complexity index is 1360. The Balaban J connectivity index is 1.73. The number of para-hydroxylation sites is 2. The van der Waals surface area contributed by atoms with Crippen molar-refractivity contribution >= 4 is 21.5 Å². The molecule has 0 fully saturated rings. The number of rotatable bonds is 8. The summed E-state index contributed by atoms with van der Waals surface area (Å²) in [6, 6.07) is 35.1. The van der Waals surface area contributed by atoms with Crippen molar-refractivity contribution in [1.82, 2.24) is 0 Å². The van der Waals surface area contributed by atoms with Gasteiger partial charge in [0, 0.05) is 21.5 Å². The first-order chi connectivity index (χ1) is 16.3. The average Bonchev–Trinajstić information content (AvgIpc) is 2.87. The molecule has 2 nitrogen and oxygen atoms in total. The Morgan fingerprint density at radius 2 is 1.03 bits per heavy atom. The predicted molar refractivity (Wildman–Crippen MR) is 138 cm³/mol. The maximum Gasteiger partial charge on any atom is 0.143 e. The first kappa shape index (κ1) is 21.1. The van der Waals surface area contributed by atoms with Crippen molar-refractivity contribution in [3.05, 3.63) is 109 Å². The molecule has 0 amide bonds. The van der Waals surface area contributed by atoms with Gasteiger partial charge in [-0.05, 0) is 48.7 Å². The molecule has 0 bridgehead atoms. The van der Waals surface area contributed by atoms with Crippen molar-refractivity contribution < 1.29 is 9.47 Å². The fourth-order valence-electron chi connectivity index (χ4n) is 4.31. The SMILES string of the molecule is CCCCCc1ccc2c(Oc3ccccc3)c3ccccc3c(Oc3ccccc3)c2c1. The van der Waals surface area contributed by atoms with E-state index in [2.05, 4.69) is 49.4 Å². The highest BCUT2D eigenvalue weighted by Gasteiger charge is 2.18. The van der Waals surface area contributed by atoms with Crippen molar-refractivity contribution in [2.24, 2.45) is 0 Å². The lowest BCUT2D eigenvalue weighted by Gasteiger charge is -2.18. The Kier molecular flexibility index (Phi) is 6.25. The summed E-state index contributed by atoms with van der Waals surface area (Å²) in [7, 11) is 0. The molecule has 0 aromatic heterocycles. The van der Waals surface area contributed by atoms with Crippen LogP contribution in [0.25, 0.3) is 21.5 Å². The van der Waals surface area contributed by atoms with Crippen LogP contribution in [0, 0.1) is 0 Å². The second-order valence-corrected chi connectivity index (χ2v) is 8.37. The van der Waals surface area contributed by atoms with Crippen LogP contribution >= 0.6 is 0 Å². The van der Waals surface area contributed by atoms with E-state index >= 15 is 0 Å². The lowest BCUT2D eigenvalue weighted by atomic mass is 9.97. The van der Waals surface area contributed by atoms with Crippen LogP contribution in [0.4, 0.5) is 0 Å². The van der Waals surface area contributed by atoms with Gasteiger partial charge in [0.25, 0.3) is 0 Å². The molecule has 5 aromatic rings. The molecule has 2 heteroatoms. The molecule has 0 spiro atoms. The highest BCUT2D eigenvalue weighted by atomic mass is 16.5. The minimum absolute atomic E-state index is 0.827. The van der Waals surface area contributed by atoms with Crippen LogP contribution < -0.4 is 9.47 Å². The van der Waals surface area contributed by atoms with E-state index in [1.807, 2.05) is 60.7 Å². The summed E-state index contributed by atoms with van der Waals surface area (Å²) in [4.78, 5) is 0. The monoisotopic (exact) mass is 432 g/mol. The topological polar surface area (TPSA) is 18.5 Å². The Morgan fingerprint density at radius 3 is 1.61 bits per heavy atom. The van der Waals surface area contributed by atoms with E-state index in [4.69, 9.17) is 9.47 Å². The minimum atomic E-state index is 0.827. The van der Waals surface area contributed by atoms with Gasteiger partial charge < -0.3 is 9.47 Å². The van der Waals surface area contributed by atoms with E-state index in [1.54, 1.807) is 0 Å². The van der Waals surface area contributed by atoms with Crippen molar-refractivity contribution in [3.63, 3.8) is 0 Å². The van der Waals surface area contributed by atoms with Crippen LogP contribution in [0.3, 0.4) is 0 Å². The molecule has 0 aliphatic heterocycles. The molecule has 0 saturated carbocycles. The van der Waals surface area contributed by atoms with Crippen LogP contribution in [0.15, 0.2) is 103 Å². The van der Waals surface area contributed by atoms with Crippen LogP contribution in [-0.2, 0) is 6.42 Å². The van der Waals surface area contributed by atoms with Gasteiger partial charge >= 0.3 is 0 Å². The third-order valence-corrected chi connectivity index (χ3v) is 5.98. The molecule has 0 heterocycles. The van der Waals surface area contributed by atoms with E-state index < -0.39 is 0 Å². The standard InChI is InChI=1S/C31H28O2/c1-2-3-6-13-23-20-21-28-29(22-23)31(33-25-16-9-5-10-17-25)27-19-12-11-18-26(27)30(28)32-24-14-7-4-8-15-24/h4-5,7-12,14-22H,2-3,6,13H2,1H3. The van der Waals surface area contributed by atoms with Crippen LogP contribution in [-0.4, -0.2) is 0 Å². The molecule has 0 radical (unpaired) electrons. The number of hydrogen-bond acceptors (Lipinski definition) is 2. The fraction of sp³-hybridized carbons (Fsp3) is 0.161. The van der Waals surface area contributed by atoms with Crippen molar-refractivity contribution in [2.75, 3.05) is 0 Å². The molecule has 33 heavy (non-hydrogen) atoms. The predicted octanol–water partition coefficient (Wildman–Crippen LogP) is 9.31. The van der Waals surface area contributed by atoms with Crippen LogP contribution in [0.2, 0.25) is 0 Å². The summed E-state index contributed by atoms with van der Waals surface area (Å²) in [5, 5.41) is 4.23. The van der Waals surface area contributed by atoms with Gasteiger partial charge in [-0.3, -0.25) is 0 Å². The van der Waals surface area contributed by atoms with Gasteiger partial charge in [-0.1, -0.05) is 92.6 Å². The number of benzene rings is 5. The van der Waals surface area contributed by atoms with Crippen molar-refractivity contribution in [3.8, 4) is 23.0 Å². The number of ether oxygens (including phenoxy) is 2. The van der Waals surface area contributed by atoms with E-state index in [1.165, 1.54) is 24.8 Å². The Morgan fingerprint density at radius 1 is 0.515 bits per heavy atom. The molecule has 0 N–H and O–H groups in total. The number of aryl methyl sites for hydroxylation is 1. The second-order valence-electron chi connectivity index (χ2n) is 8.37. The normalized spacial score (nSPS) is 11.1. The molecule has 0 atom stereocenters. The molecular weight excluding hydrogens is 404 g/mol. The zero-order valence-corrected chi connectivity index (χ0v) is 19.0. The number of hydrogen-bond donors (Lipinski definition) is 0. The van der Waals surface area contributed by atoms with Crippen LogP contribution in [0.1, 0.15) is 31.7 Å². The van der Waals surface area contributed by atoms with Gasteiger partial charge in [0.1, 0.15) is 23.0 Å². The van der Waals surface area contributed by atoms with E-state index in [0.717, 1.165) is 51.0 Å². The summed E-state index contributed by atoms with van der Waals surface area (Å²) in [5.74, 6) is 3.40. The van der Waals surface area contributed by atoms with Crippen molar-refractivity contribution in [1.29, 1.82) is 0 Å². The molecule has 5 aromatic carbocycles.